The van der Waals surface area contributed by atoms with Gasteiger partial charge in [-0.05, 0) is 6.42 Å². The van der Waals surface area contributed by atoms with Crippen LogP contribution in [0, 0.1) is 0 Å². The monoisotopic (exact) mass is 494 g/mol. The topological polar surface area (TPSA) is 0 Å². The van der Waals surface area contributed by atoms with Crippen molar-refractivity contribution in [2.24, 2.45) is 0 Å². The summed E-state index contributed by atoms with van der Waals surface area (Å²) in [5, 5.41) is -0.382. The maximum Gasteiger partial charge on any atom is 0.170 e. The van der Waals surface area contributed by atoms with Gasteiger partial charge in [-0.15, -0.1) is 11.6 Å². The summed E-state index contributed by atoms with van der Waals surface area (Å²) in [5.41, 5.74) is 0. The second-order valence-corrected chi connectivity index (χ2v) is 9.23. The molecule has 0 radical (unpaired) electrons. The Hall–Kier alpha value is 2.99. The lowest BCUT2D eigenvalue weighted by Crippen LogP contribution is -2.51. The third-order valence-corrected chi connectivity index (χ3v) is 7.95. The molecule has 0 aliphatic carbocycles. The van der Waals surface area contributed by atoms with Crippen LogP contribution in [-0.2, 0) is 0 Å². The first-order valence-corrected chi connectivity index (χ1v) is 8.87. The lowest BCUT2D eigenvalue weighted by atomic mass is 10.1. The Balaban J connectivity index is 5.02. The van der Waals surface area contributed by atoms with Crippen molar-refractivity contribution in [1.29, 1.82) is 0 Å². The van der Waals surface area contributed by atoms with Gasteiger partial charge < -0.3 is 0 Å². The van der Waals surface area contributed by atoms with Gasteiger partial charge in [-0.1, -0.05) is 101 Å². The van der Waals surface area contributed by atoms with E-state index in [0.29, 0.717) is 11.8 Å². The van der Waals surface area contributed by atoms with E-state index in [0.717, 1.165) is 0 Å². The fourth-order valence-corrected chi connectivity index (χ4v) is 4.51. The zero-order valence-corrected chi connectivity index (χ0v) is 16.1. The summed E-state index contributed by atoms with van der Waals surface area (Å²) in [6, 6.07) is 0. The summed E-state index contributed by atoms with van der Waals surface area (Å²) in [4.78, 5) is 0. The third-order valence-electron chi connectivity index (χ3n) is 1.77. The second-order valence-electron chi connectivity index (χ2n) is 3.02. The summed E-state index contributed by atoms with van der Waals surface area (Å²) in [6.45, 7) is 0. The van der Waals surface area contributed by atoms with Gasteiger partial charge in [0.1, 0.15) is 9.71 Å². The molecule has 16 heavy (non-hydrogen) atoms. The van der Waals surface area contributed by atoms with Gasteiger partial charge in [0.05, 0.1) is 0 Å². The van der Waals surface area contributed by atoms with Crippen LogP contribution < -0.4 is 0 Å². The zero-order valence-electron chi connectivity index (χ0n) is 7.60. The van der Waals surface area contributed by atoms with Crippen molar-refractivity contribution in [3.05, 3.63) is 0 Å². The number of hydrogen-bond donors (Lipinski definition) is 0. The van der Waals surface area contributed by atoms with Crippen molar-refractivity contribution in [3.63, 3.8) is 0 Å². The highest BCUT2D eigenvalue weighted by molar-refractivity contribution is 9.09. The van der Waals surface area contributed by atoms with E-state index in [1.807, 2.05) is 0 Å². The van der Waals surface area contributed by atoms with Crippen molar-refractivity contribution in [3.8, 4) is 0 Å². The Kier molecular flexibility index (Phi) is 8.46. The number of alkyl halides is 9. The van der Waals surface area contributed by atoms with Crippen LogP contribution in [0.15, 0.2) is 0 Å². The first-order valence-electron chi connectivity index (χ1n) is 3.92. The lowest BCUT2D eigenvalue weighted by molar-refractivity contribution is 0.587. The maximum atomic E-state index is 6.07. The molecule has 9 heteroatoms. The van der Waals surface area contributed by atoms with E-state index < -0.39 is 18.4 Å². The molecular formula is C7H7Br2Cl7. The predicted octanol–water partition coefficient (Wildman–Crippen LogP) is 6.30. The highest BCUT2D eigenvalue weighted by Gasteiger charge is 2.57. The quantitative estimate of drug-likeness (QED) is 0.377. The summed E-state index contributed by atoms with van der Waals surface area (Å²) < 4.78 is -4.55. The molecule has 0 fully saturated rings. The fraction of sp³-hybridized carbons (Fsp3) is 1.00. The van der Waals surface area contributed by atoms with E-state index in [-0.39, 0.29) is 5.33 Å². The molecule has 0 amide bonds. The summed E-state index contributed by atoms with van der Waals surface area (Å²) in [7, 11) is 0. The van der Waals surface area contributed by atoms with Crippen LogP contribution in [0.3, 0.4) is 0 Å². The van der Waals surface area contributed by atoms with Crippen LogP contribution in [-0.4, -0.2) is 29.0 Å². The number of halogens is 9. The van der Waals surface area contributed by atoms with Crippen molar-refractivity contribution in [2.75, 3.05) is 10.7 Å². The minimum atomic E-state index is -1.70. The largest absolute Gasteiger partial charge is 0.170 e. The Morgan fingerprint density at radius 1 is 0.938 bits per heavy atom. The van der Waals surface area contributed by atoms with Gasteiger partial charge in [0.15, 0.2) is 8.67 Å². The predicted molar refractivity (Wildman–Crippen MR) is 85.2 cm³/mol. The molecule has 0 heterocycles. The van der Waals surface area contributed by atoms with Crippen LogP contribution in [0.2, 0.25) is 0 Å². The van der Waals surface area contributed by atoms with Crippen LogP contribution in [0.4, 0.5) is 0 Å². The first-order chi connectivity index (χ1) is 7.03. The molecule has 0 spiro atoms. The highest BCUT2D eigenvalue weighted by atomic mass is 79.9. The maximum absolute atomic E-state index is 6.07. The molecule has 0 saturated carbocycles. The Morgan fingerprint density at radius 2 is 1.38 bits per heavy atom. The smallest absolute Gasteiger partial charge is 0.116 e. The second kappa shape index (κ2) is 7.13. The average molecular weight is 499 g/mol. The van der Waals surface area contributed by atoms with Gasteiger partial charge in [0.2, 0.25) is 0 Å². The van der Waals surface area contributed by atoms with Gasteiger partial charge in [-0.25, -0.2) is 0 Å². The normalized spacial score (nSPS) is 16.3. The van der Waals surface area contributed by atoms with Crippen LogP contribution >= 0.6 is 113 Å². The molecule has 0 aliphatic heterocycles. The van der Waals surface area contributed by atoms with E-state index in [1.165, 1.54) is 0 Å². The zero-order chi connectivity index (χ0) is 13.2. The van der Waals surface area contributed by atoms with Crippen molar-refractivity contribution in [2.45, 2.75) is 24.8 Å². The van der Waals surface area contributed by atoms with E-state index in [4.69, 9.17) is 81.2 Å². The van der Waals surface area contributed by atoms with E-state index in [9.17, 15) is 0 Å². The molecule has 0 N–H and O–H groups in total. The molecule has 0 aromatic heterocycles. The molecule has 0 aliphatic rings. The SMILES string of the molecule is ClC(C(Cl)(Cl)CCBr)C(Cl)(Cl)C(Cl)(Cl)CBr. The van der Waals surface area contributed by atoms with E-state index in [2.05, 4.69) is 31.9 Å². The minimum Gasteiger partial charge on any atom is -0.116 e. The molecule has 0 nitrogen and oxygen atoms in total. The van der Waals surface area contributed by atoms with Crippen LogP contribution in [0.25, 0.3) is 0 Å². The number of hydrogen-bond acceptors (Lipinski definition) is 0. The van der Waals surface area contributed by atoms with Gasteiger partial charge in [-0.2, -0.15) is 0 Å². The Morgan fingerprint density at radius 3 is 1.69 bits per heavy atom. The first kappa shape index (κ1) is 19.0. The van der Waals surface area contributed by atoms with E-state index in [1.54, 1.807) is 0 Å². The molecule has 0 aromatic rings. The van der Waals surface area contributed by atoms with Crippen LogP contribution in [0.5, 0.6) is 0 Å². The molecule has 0 saturated heterocycles. The van der Waals surface area contributed by atoms with Gasteiger partial charge in [0.25, 0.3) is 0 Å². The standard InChI is InChI=1S/C7H7Br2Cl7/c8-2-1-5(11,12)4(10)7(15,16)6(13,14)3-9/h4H,1-3H2. The Bertz CT molecular complexity index is 231. The molecule has 98 valence electrons. The minimum absolute atomic E-state index is 0.123. The average Bonchev–Trinajstić information content (AvgIpc) is 2.16. The third kappa shape index (κ3) is 4.52. The van der Waals surface area contributed by atoms with Gasteiger partial charge >= 0.3 is 0 Å². The molecule has 0 bridgehead atoms. The van der Waals surface area contributed by atoms with Gasteiger partial charge in [-0.3, -0.25) is 0 Å². The lowest BCUT2D eigenvalue weighted by Gasteiger charge is -2.39. The number of rotatable bonds is 6. The van der Waals surface area contributed by atoms with E-state index >= 15 is 0 Å². The fourth-order valence-electron chi connectivity index (χ4n) is 0.792. The summed E-state index contributed by atoms with van der Waals surface area (Å²) >= 11 is 48.5. The van der Waals surface area contributed by atoms with Crippen molar-refractivity contribution >= 4 is 113 Å². The molecular weight excluding hydrogens is 492 g/mol. The molecule has 1 atom stereocenters. The molecule has 1 unspecified atom stereocenters. The Labute approximate surface area is 147 Å². The van der Waals surface area contributed by atoms with Crippen LogP contribution in [0.1, 0.15) is 6.42 Å². The highest BCUT2D eigenvalue weighted by Crippen LogP contribution is 2.53. The van der Waals surface area contributed by atoms with Crippen molar-refractivity contribution in [1.82, 2.24) is 0 Å². The molecule has 0 aromatic carbocycles. The summed E-state index contributed by atoms with van der Waals surface area (Å²) in [5.74, 6) is 0. The van der Waals surface area contributed by atoms with Crippen molar-refractivity contribution < 1.29 is 0 Å². The van der Waals surface area contributed by atoms with Gasteiger partial charge in [0, 0.05) is 10.7 Å². The molecule has 0 rings (SSSR count). The summed E-state index contributed by atoms with van der Waals surface area (Å²) in [6.07, 6.45) is 0.345.